The number of rotatable bonds is 8. The summed E-state index contributed by atoms with van der Waals surface area (Å²) in [6.07, 6.45) is 0.215. The van der Waals surface area contributed by atoms with Crippen LogP contribution in [-0.2, 0) is 30.5 Å². The van der Waals surface area contributed by atoms with Crippen LogP contribution in [0.1, 0.15) is 46.6 Å². The largest absolute Gasteiger partial charge is 0.481 e. The van der Waals surface area contributed by atoms with Gasteiger partial charge in [-0.3, -0.25) is 14.4 Å². The lowest BCUT2D eigenvalue weighted by Gasteiger charge is -2.27. The summed E-state index contributed by atoms with van der Waals surface area (Å²) >= 11 is 0. The lowest BCUT2D eigenvalue weighted by Crippen LogP contribution is -2.40. The van der Waals surface area contributed by atoms with Crippen LogP contribution in [0, 0.1) is 17.8 Å². The van der Waals surface area contributed by atoms with Crippen molar-refractivity contribution in [1.82, 2.24) is 0 Å². The molecular weight excluding hydrogens is 336 g/mol. The van der Waals surface area contributed by atoms with Gasteiger partial charge in [-0.1, -0.05) is 44.2 Å². The number of ether oxygens (including phenoxy) is 2. The second-order valence-corrected chi connectivity index (χ2v) is 7.68. The minimum atomic E-state index is -1.60. The Morgan fingerprint density at radius 1 is 1.04 bits per heavy atom. The van der Waals surface area contributed by atoms with Crippen LogP contribution in [0.3, 0.4) is 0 Å². The fourth-order valence-electron chi connectivity index (χ4n) is 2.51. The molecule has 0 fully saturated rings. The van der Waals surface area contributed by atoms with E-state index in [4.69, 9.17) is 9.47 Å². The Hall–Kier alpha value is -2.37. The Labute approximate surface area is 154 Å². The Morgan fingerprint density at radius 3 is 2.08 bits per heavy atom. The Bertz CT molecular complexity index is 615. The van der Waals surface area contributed by atoms with Crippen molar-refractivity contribution in [3.8, 4) is 0 Å². The highest BCUT2D eigenvalue weighted by atomic mass is 16.6. The van der Waals surface area contributed by atoms with Gasteiger partial charge in [0, 0.05) is 0 Å². The van der Waals surface area contributed by atoms with Gasteiger partial charge in [-0.25, -0.2) is 0 Å². The van der Waals surface area contributed by atoms with Crippen LogP contribution in [0.4, 0.5) is 0 Å². The first-order valence-corrected chi connectivity index (χ1v) is 8.67. The van der Waals surface area contributed by atoms with Crippen molar-refractivity contribution >= 4 is 17.9 Å². The number of hydrogen-bond donors (Lipinski definition) is 1. The number of aliphatic carboxylic acids is 1. The van der Waals surface area contributed by atoms with E-state index in [2.05, 4.69) is 0 Å². The molecule has 0 aliphatic carbocycles. The molecule has 0 aliphatic heterocycles. The molecule has 1 N–H and O–H groups in total. The fourth-order valence-corrected chi connectivity index (χ4v) is 2.51. The van der Waals surface area contributed by atoms with Gasteiger partial charge in [0.15, 0.2) is 5.92 Å². The second kappa shape index (κ2) is 9.36. The van der Waals surface area contributed by atoms with Gasteiger partial charge in [-0.2, -0.15) is 0 Å². The topological polar surface area (TPSA) is 89.9 Å². The maximum atomic E-state index is 12.5. The van der Waals surface area contributed by atoms with Gasteiger partial charge in [-0.15, -0.1) is 0 Å². The van der Waals surface area contributed by atoms with E-state index in [0.29, 0.717) is 0 Å². The Balaban J connectivity index is 2.97. The number of benzene rings is 1. The van der Waals surface area contributed by atoms with E-state index in [-0.39, 0.29) is 18.9 Å². The summed E-state index contributed by atoms with van der Waals surface area (Å²) < 4.78 is 10.5. The lowest BCUT2D eigenvalue weighted by atomic mass is 9.85. The second-order valence-electron chi connectivity index (χ2n) is 7.68. The molecule has 0 saturated carbocycles. The molecule has 2 atom stereocenters. The molecule has 6 heteroatoms. The van der Waals surface area contributed by atoms with Crippen LogP contribution in [0.5, 0.6) is 0 Å². The average Bonchev–Trinajstić information content (AvgIpc) is 2.51. The summed E-state index contributed by atoms with van der Waals surface area (Å²) in [6, 6.07) is 8.94. The molecule has 1 aromatic carbocycles. The van der Waals surface area contributed by atoms with Crippen molar-refractivity contribution in [2.75, 3.05) is 0 Å². The number of carboxylic acid groups (broad SMARTS) is 1. The van der Waals surface area contributed by atoms with Gasteiger partial charge in [-0.05, 0) is 38.7 Å². The van der Waals surface area contributed by atoms with Crippen LogP contribution < -0.4 is 0 Å². The van der Waals surface area contributed by atoms with Crippen molar-refractivity contribution in [2.24, 2.45) is 17.8 Å². The molecule has 26 heavy (non-hydrogen) atoms. The van der Waals surface area contributed by atoms with E-state index < -0.39 is 35.3 Å². The summed E-state index contributed by atoms with van der Waals surface area (Å²) in [4.78, 5) is 36.7. The molecule has 0 aliphatic rings. The lowest BCUT2D eigenvalue weighted by molar-refractivity contribution is -0.175. The molecule has 0 amide bonds. The Kier molecular flexibility index (Phi) is 7.80. The van der Waals surface area contributed by atoms with E-state index in [1.807, 2.05) is 19.9 Å². The van der Waals surface area contributed by atoms with Crippen LogP contribution in [0.25, 0.3) is 0 Å². The fraction of sp³-hybridized carbons (Fsp3) is 0.550. The standard InChI is InChI=1S/C20H28O6/c1-13(2)11-15(18(23)26-20(3,4)5)16(17(21)22)19(24)25-12-14-9-7-6-8-10-14/h6-10,13,15-16H,11-12H2,1-5H3,(H,21,22)/t15-,16?/m1/s1. The zero-order chi connectivity index (χ0) is 19.9. The maximum absolute atomic E-state index is 12.5. The molecule has 0 spiro atoms. The predicted octanol–water partition coefficient (Wildman–Crippen LogP) is 3.43. The third-order valence-corrected chi connectivity index (χ3v) is 3.58. The van der Waals surface area contributed by atoms with Gasteiger partial charge in [0.05, 0.1) is 5.92 Å². The quantitative estimate of drug-likeness (QED) is 0.561. The van der Waals surface area contributed by atoms with Gasteiger partial charge < -0.3 is 14.6 Å². The molecule has 1 unspecified atom stereocenters. The van der Waals surface area contributed by atoms with Crippen LogP contribution in [-0.4, -0.2) is 28.6 Å². The van der Waals surface area contributed by atoms with Crippen molar-refractivity contribution in [1.29, 1.82) is 0 Å². The molecule has 0 heterocycles. The molecule has 1 rings (SSSR count). The van der Waals surface area contributed by atoms with Crippen molar-refractivity contribution in [3.63, 3.8) is 0 Å². The van der Waals surface area contributed by atoms with E-state index in [0.717, 1.165) is 5.56 Å². The van der Waals surface area contributed by atoms with E-state index in [9.17, 15) is 19.5 Å². The third-order valence-electron chi connectivity index (χ3n) is 3.58. The van der Waals surface area contributed by atoms with Gasteiger partial charge in [0.2, 0.25) is 0 Å². The smallest absolute Gasteiger partial charge is 0.321 e. The van der Waals surface area contributed by atoms with E-state index in [1.54, 1.807) is 45.0 Å². The van der Waals surface area contributed by atoms with Crippen LogP contribution in [0.2, 0.25) is 0 Å². The monoisotopic (exact) mass is 364 g/mol. The minimum Gasteiger partial charge on any atom is -0.481 e. The first-order chi connectivity index (χ1) is 12.0. The van der Waals surface area contributed by atoms with Crippen LogP contribution >= 0.6 is 0 Å². The average molecular weight is 364 g/mol. The first-order valence-electron chi connectivity index (χ1n) is 8.67. The summed E-state index contributed by atoms with van der Waals surface area (Å²) in [6.45, 7) is 8.74. The Morgan fingerprint density at radius 2 is 1.62 bits per heavy atom. The highest BCUT2D eigenvalue weighted by Gasteiger charge is 2.42. The number of carbonyl (C=O) groups is 3. The normalized spacial score (nSPS) is 13.8. The van der Waals surface area contributed by atoms with Gasteiger partial charge in [0.1, 0.15) is 12.2 Å². The van der Waals surface area contributed by atoms with Crippen molar-refractivity contribution < 1.29 is 29.0 Å². The molecule has 0 aromatic heterocycles. The first kappa shape index (κ1) is 21.7. The highest BCUT2D eigenvalue weighted by Crippen LogP contribution is 2.26. The maximum Gasteiger partial charge on any atom is 0.321 e. The minimum absolute atomic E-state index is 0.0105. The molecule has 1 aromatic rings. The predicted molar refractivity (Wildman–Crippen MR) is 96.2 cm³/mol. The highest BCUT2D eigenvalue weighted by molar-refractivity contribution is 5.98. The summed E-state index contributed by atoms with van der Waals surface area (Å²) in [5, 5.41) is 9.56. The number of esters is 2. The van der Waals surface area contributed by atoms with E-state index in [1.165, 1.54) is 0 Å². The molecular formula is C20H28O6. The molecule has 0 saturated heterocycles. The van der Waals surface area contributed by atoms with E-state index >= 15 is 0 Å². The zero-order valence-corrected chi connectivity index (χ0v) is 16.0. The van der Waals surface area contributed by atoms with Gasteiger partial charge >= 0.3 is 17.9 Å². The van der Waals surface area contributed by atoms with Crippen molar-refractivity contribution in [2.45, 2.75) is 53.2 Å². The summed E-state index contributed by atoms with van der Waals surface area (Å²) in [5.74, 6) is -5.71. The molecule has 6 nitrogen and oxygen atoms in total. The van der Waals surface area contributed by atoms with Crippen molar-refractivity contribution in [3.05, 3.63) is 35.9 Å². The SMILES string of the molecule is CC(C)C[C@@H](C(=O)OC(C)(C)C)C(C(=O)O)C(=O)OCc1ccccc1. The number of hydrogen-bond acceptors (Lipinski definition) is 5. The van der Waals surface area contributed by atoms with Gasteiger partial charge in [0.25, 0.3) is 0 Å². The third kappa shape index (κ3) is 7.25. The summed E-state index contributed by atoms with van der Waals surface area (Å²) in [7, 11) is 0. The number of carbonyl (C=O) groups excluding carboxylic acids is 2. The van der Waals surface area contributed by atoms with Crippen LogP contribution in [0.15, 0.2) is 30.3 Å². The molecule has 144 valence electrons. The summed E-state index contributed by atoms with van der Waals surface area (Å²) in [5.41, 5.74) is -0.0359. The molecule has 0 radical (unpaired) electrons. The number of carboxylic acids is 1. The zero-order valence-electron chi connectivity index (χ0n) is 16.0. The molecule has 0 bridgehead atoms.